The Morgan fingerprint density at radius 2 is 2.35 bits per heavy atom. The van der Waals surface area contributed by atoms with E-state index in [-0.39, 0.29) is 0 Å². The molecule has 1 aromatic rings. The molecule has 17 heavy (non-hydrogen) atoms. The molecule has 1 N–H and O–H groups in total. The maximum atomic E-state index is 5.83. The Balaban J connectivity index is 1.56. The van der Waals surface area contributed by atoms with Crippen molar-refractivity contribution in [3.05, 3.63) is 18.2 Å². The van der Waals surface area contributed by atoms with E-state index >= 15 is 0 Å². The van der Waals surface area contributed by atoms with Crippen LogP contribution in [0.5, 0.6) is 0 Å². The van der Waals surface area contributed by atoms with Gasteiger partial charge >= 0.3 is 0 Å². The zero-order valence-electron chi connectivity index (χ0n) is 10.4. The van der Waals surface area contributed by atoms with Crippen LogP contribution in [0.3, 0.4) is 0 Å². The van der Waals surface area contributed by atoms with Crippen LogP contribution in [0.1, 0.15) is 31.9 Å². The molecule has 1 saturated carbocycles. The Kier molecular flexibility index (Phi) is 3.16. The molecule has 94 valence electrons. The van der Waals surface area contributed by atoms with Crippen LogP contribution in [-0.2, 0) is 17.8 Å². The molecule has 0 radical (unpaired) electrons. The summed E-state index contributed by atoms with van der Waals surface area (Å²) >= 11 is 0. The van der Waals surface area contributed by atoms with E-state index in [4.69, 9.17) is 4.74 Å². The quantitative estimate of drug-likeness (QED) is 0.842. The van der Waals surface area contributed by atoms with Crippen LogP contribution in [0.25, 0.3) is 0 Å². The van der Waals surface area contributed by atoms with Crippen LogP contribution in [0.2, 0.25) is 0 Å². The molecule has 1 aromatic heterocycles. The molecular weight excluding hydrogens is 214 g/mol. The second-order valence-corrected chi connectivity index (χ2v) is 5.12. The fraction of sp³-hybridized carbons (Fsp3) is 0.769. The standard InChI is InChI=1S/C13H21N3O/c1-2-16-9-14-7-11(16)8-15-12-5-6-17-13(12)10-3-4-10/h7,9-10,12-13,15H,2-6,8H2,1H3. The highest BCUT2D eigenvalue weighted by atomic mass is 16.5. The monoisotopic (exact) mass is 235 g/mol. The average Bonchev–Trinajstić information content (AvgIpc) is 2.93. The van der Waals surface area contributed by atoms with Crippen LogP contribution < -0.4 is 5.32 Å². The molecule has 3 rings (SSSR count). The fourth-order valence-electron chi connectivity index (χ4n) is 2.73. The summed E-state index contributed by atoms with van der Waals surface area (Å²) in [7, 11) is 0. The average molecular weight is 235 g/mol. The van der Waals surface area contributed by atoms with E-state index in [1.165, 1.54) is 18.5 Å². The fourth-order valence-corrected chi connectivity index (χ4v) is 2.73. The first-order valence-electron chi connectivity index (χ1n) is 6.72. The Labute approximate surface area is 102 Å². The van der Waals surface area contributed by atoms with Crippen molar-refractivity contribution in [2.45, 2.75) is 51.4 Å². The van der Waals surface area contributed by atoms with Gasteiger partial charge < -0.3 is 14.6 Å². The summed E-state index contributed by atoms with van der Waals surface area (Å²) < 4.78 is 8.02. The van der Waals surface area contributed by atoms with Gasteiger partial charge in [0.25, 0.3) is 0 Å². The van der Waals surface area contributed by atoms with Crippen molar-refractivity contribution < 1.29 is 4.74 Å². The normalized spacial score (nSPS) is 28.8. The zero-order valence-corrected chi connectivity index (χ0v) is 10.4. The van der Waals surface area contributed by atoms with Crippen molar-refractivity contribution in [2.24, 2.45) is 5.92 Å². The van der Waals surface area contributed by atoms with Gasteiger partial charge in [0.15, 0.2) is 0 Å². The first-order valence-corrected chi connectivity index (χ1v) is 6.72. The highest BCUT2D eigenvalue weighted by Gasteiger charge is 2.40. The highest BCUT2D eigenvalue weighted by molar-refractivity contribution is 5.00. The van der Waals surface area contributed by atoms with E-state index in [9.17, 15) is 0 Å². The van der Waals surface area contributed by atoms with Crippen molar-refractivity contribution >= 4 is 0 Å². The molecule has 4 heteroatoms. The largest absolute Gasteiger partial charge is 0.376 e. The third-order valence-electron chi connectivity index (χ3n) is 3.91. The number of aromatic nitrogens is 2. The molecule has 2 heterocycles. The van der Waals surface area contributed by atoms with E-state index in [0.717, 1.165) is 32.0 Å². The van der Waals surface area contributed by atoms with E-state index in [2.05, 4.69) is 21.8 Å². The van der Waals surface area contributed by atoms with Gasteiger partial charge in [0.2, 0.25) is 0 Å². The van der Waals surface area contributed by atoms with E-state index < -0.39 is 0 Å². The lowest BCUT2D eigenvalue weighted by molar-refractivity contribution is 0.0807. The van der Waals surface area contributed by atoms with Gasteiger partial charge in [-0.3, -0.25) is 0 Å². The van der Waals surface area contributed by atoms with Gasteiger partial charge in [0.1, 0.15) is 0 Å². The number of nitrogens with zero attached hydrogens (tertiary/aromatic N) is 2. The topological polar surface area (TPSA) is 39.1 Å². The molecule has 1 aliphatic carbocycles. The number of hydrogen-bond acceptors (Lipinski definition) is 3. The van der Waals surface area contributed by atoms with Crippen molar-refractivity contribution in [2.75, 3.05) is 6.61 Å². The van der Waals surface area contributed by atoms with Crippen molar-refractivity contribution in [1.29, 1.82) is 0 Å². The number of ether oxygens (including phenoxy) is 1. The summed E-state index contributed by atoms with van der Waals surface area (Å²) in [5, 5.41) is 3.64. The molecule has 1 saturated heterocycles. The Morgan fingerprint density at radius 3 is 3.12 bits per heavy atom. The number of hydrogen-bond donors (Lipinski definition) is 1. The van der Waals surface area contributed by atoms with E-state index in [0.29, 0.717) is 12.1 Å². The smallest absolute Gasteiger partial charge is 0.0948 e. The third kappa shape index (κ3) is 2.38. The molecule has 2 aliphatic rings. The van der Waals surface area contributed by atoms with Gasteiger partial charge in [-0.15, -0.1) is 0 Å². The molecule has 2 fully saturated rings. The summed E-state index contributed by atoms with van der Waals surface area (Å²) in [6.07, 6.45) is 8.19. The van der Waals surface area contributed by atoms with Crippen molar-refractivity contribution in [3.63, 3.8) is 0 Å². The summed E-state index contributed by atoms with van der Waals surface area (Å²) in [6, 6.07) is 0.544. The van der Waals surface area contributed by atoms with Crippen LogP contribution in [0.15, 0.2) is 12.5 Å². The number of imidazole rings is 1. The van der Waals surface area contributed by atoms with E-state index in [1.54, 1.807) is 0 Å². The van der Waals surface area contributed by atoms with Crippen molar-refractivity contribution in [1.82, 2.24) is 14.9 Å². The van der Waals surface area contributed by atoms with Crippen molar-refractivity contribution in [3.8, 4) is 0 Å². The third-order valence-corrected chi connectivity index (χ3v) is 3.91. The van der Waals surface area contributed by atoms with Crippen LogP contribution in [-0.4, -0.2) is 28.3 Å². The highest BCUT2D eigenvalue weighted by Crippen LogP contribution is 2.38. The Hall–Kier alpha value is -0.870. The van der Waals surface area contributed by atoms with Gasteiger partial charge in [0.05, 0.1) is 18.1 Å². The lowest BCUT2D eigenvalue weighted by atomic mass is 10.1. The molecule has 2 unspecified atom stereocenters. The Morgan fingerprint density at radius 1 is 1.47 bits per heavy atom. The van der Waals surface area contributed by atoms with Crippen LogP contribution in [0.4, 0.5) is 0 Å². The van der Waals surface area contributed by atoms with Gasteiger partial charge in [-0.1, -0.05) is 0 Å². The summed E-state index contributed by atoms with van der Waals surface area (Å²) in [5.41, 5.74) is 1.27. The summed E-state index contributed by atoms with van der Waals surface area (Å²) in [5.74, 6) is 0.825. The van der Waals surface area contributed by atoms with Crippen LogP contribution in [0, 0.1) is 5.92 Å². The number of rotatable bonds is 5. The molecule has 0 aromatic carbocycles. The maximum absolute atomic E-state index is 5.83. The predicted molar refractivity (Wildman–Crippen MR) is 65.6 cm³/mol. The minimum atomic E-state index is 0.466. The maximum Gasteiger partial charge on any atom is 0.0948 e. The first-order chi connectivity index (χ1) is 8.38. The zero-order chi connectivity index (χ0) is 11.7. The molecule has 2 atom stereocenters. The molecule has 0 spiro atoms. The van der Waals surface area contributed by atoms with Crippen LogP contribution >= 0.6 is 0 Å². The molecular formula is C13H21N3O. The van der Waals surface area contributed by atoms with E-state index in [1.807, 2.05) is 12.5 Å². The lowest BCUT2D eigenvalue weighted by Gasteiger charge is -2.19. The van der Waals surface area contributed by atoms with Gasteiger partial charge in [0, 0.05) is 31.9 Å². The number of nitrogens with one attached hydrogen (secondary N) is 1. The second-order valence-electron chi connectivity index (χ2n) is 5.12. The SMILES string of the molecule is CCn1cncc1CNC1CCOC1C1CC1. The van der Waals surface area contributed by atoms with Gasteiger partial charge in [-0.2, -0.15) is 0 Å². The summed E-state index contributed by atoms with van der Waals surface area (Å²) in [6.45, 7) is 4.97. The molecule has 0 amide bonds. The minimum absolute atomic E-state index is 0.466. The summed E-state index contributed by atoms with van der Waals surface area (Å²) in [4.78, 5) is 4.20. The predicted octanol–water partition coefficient (Wildman–Crippen LogP) is 1.56. The van der Waals surface area contributed by atoms with Gasteiger partial charge in [-0.25, -0.2) is 4.98 Å². The Bertz CT molecular complexity index is 372. The minimum Gasteiger partial charge on any atom is -0.376 e. The second kappa shape index (κ2) is 4.78. The number of aryl methyl sites for hydroxylation is 1. The lowest BCUT2D eigenvalue weighted by Crippen LogP contribution is -2.37. The molecule has 1 aliphatic heterocycles. The molecule has 4 nitrogen and oxygen atoms in total. The van der Waals surface area contributed by atoms with Gasteiger partial charge in [-0.05, 0) is 32.1 Å². The molecule has 0 bridgehead atoms. The first kappa shape index (κ1) is 11.2.